The van der Waals surface area contributed by atoms with Crippen molar-refractivity contribution < 1.29 is 30.8 Å². The summed E-state index contributed by atoms with van der Waals surface area (Å²) < 4.78 is 80.8. The zero-order chi connectivity index (χ0) is 24.1. The SMILES string of the molecule is CN1C(N)=N[C@](C)(c2cc(NC(=O)c3ncc(C(C)(F)F)cn3)cc(F)c2F)CS1(=O)=O. The Labute approximate surface area is 180 Å². The number of guanidine groups is 1. The van der Waals surface area contributed by atoms with Crippen molar-refractivity contribution in [1.29, 1.82) is 0 Å². The Hall–Kier alpha value is -3.29. The van der Waals surface area contributed by atoms with Crippen molar-refractivity contribution in [2.75, 3.05) is 18.1 Å². The van der Waals surface area contributed by atoms with Crippen molar-refractivity contribution in [3.05, 3.63) is 53.1 Å². The second-order valence-electron chi connectivity index (χ2n) is 7.43. The first-order chi connectivity index (χ1) is 14.6. The van der Waals surface area contributed by atoms with Crippen molar-refractivity contribution in [2.45, 2.75) is 25.3 Å². The Balaban J connectivity index is 1.96. The summed E-state index contributed by atoms with van der Waals surface area (Å²) in [6.45, 7) is 1.88. The van der Waals surface area contributed by atoms with Crippen molar-refractivity contribution in [3.63, 3.8) is 0 Å². The minimum absolute atomic E-state index is 0.260. The van der Waals surface area contributed by atoms with Gasteiger partial charge in [0, 0.05) is 43.7 Å². The molecule has 1 aliphatic rings. The molecule has 14 heteroatoms. The lowest BCUT2D eigenvalue weighted by atomic mass is 9.93. The van der Waals surface area contributed by atoms with Crippen LogP contribution in [-0.2, 0) is 21.5 Å². The lowest BCUT2D eigenvalue weighted by molar-refractivity contribution is 0.0166. The Morgan fingerprint density at radius 3 is 2.38 bits per heavy atom. The van der Waals surface area contributed by atoms with Gasteiger partial charge >= 0.3 is 0 Å². The molecule has 0 unspecified atom stereocenters. The fourth-order valence-electron chi connectivity index (χ4n) is 3.00. The third-order valence-electron chi connectivity index (χ3n) is 4.79. The number of carbonyl (C=O) groups is 1. The average Bonchev–Trinajstić information content (AvgIpc) is 2.67. The molecule has 0 spiro atoms. The highest BCUT2D eigenvalue weighted by Crippen LogP contribution is 2.36. The van der Waals surface area contributed by atoms with Crippen molar-refractivity contribution in [1.82, 2.24) is 14.3 Å². The molecular formula is C18H18F4N6O3S. The number of nitrogens with two attached hydrogens (primary N) is 1. The van der Waals surface area contributed by atoms with Crippen molar-refractivity contribution in [2.24, 2.45) is 10.7 Å². The maximum atomic E-state index is 14.6. The number of halogens is 4. The minimum Gasteiger partial charge on any atom is -0.369 e. The maximum absolute atomic E-state index is 14.6. The largest absolute Gasteiger partial charge is 0.369 e. The highest BCUT2D eigenvalue weighted by Gasteiger charge is 2.42. The van der Waals surface area contributed by atoms with Gasteiger partial charge in [0.05, 0.1) is 11.3 Å². The molecule has 0 radical (unpaired) electrons. The molecule has 172 valence electrons. The second-order valence-corrected chi connectivity index (χ2v) is 9.43. The monoisotopic (exact) mass is 474 g/mol. The number of amides is 1. The maximum Gasteiger partial charge on any atom is 0.293 e. The topological polar surface area (TPSA) is 131 Å². The van der Waals surface area contributed by atoms with Gasteiger partial charge in [-0.15, -0.1) is 0 Å². The number of aliphatic imine (C=N–C) groups is 1. The first-order valence-corrected chi connectivity index (χ1v) is 10.6. The number of sulfonamides is 1. The number of nitrogens with one attached hydrogen (secondary N) is 1. The first-order valence-electron chi connectivity index (χ1n) is 8.97. The van der Waals surface area contributed by atoms with Gasteiger partial charge in [0.1, 0.15) is 5.54 Å². The number of hydrogen-bond acceptors (Lipinski definition) is 7. The smallest absolute Gasteiger partial charge is 0.293 e. The van der Waals surface area contributed by atoms with Crippen molar-refractivity contribution >= 4 is 27.6 Å². The normalized spacial score (nSPS) is 20.6. The highest BCUT2D eigenvalue weighted by molar-refractivity contribution is 7.89. The molecule has 1 amide bonds. The Kier molecular flexibility index (Phi) is 5.62. The fraction of sp³-hybridized carbons (Fsp3) is 0.333. The summed E-state index contributed by atoms with van der Waals surface area (Å²) in [7, 11) is -2.80. The number of carbonyl (C=O) groups excluding carboxylic acids is 1. The van der Waals surface area contributed by atoms with Gasteiger partial charge in [0.2, 0.25) is 21.8 Å². The van der Waals surface area contributed by atoms with Crippen LogP contribution in [0.1, 0.15) is 35.6 Å². The molecule has 9 nitrogen and oxygen atoms in total. The summed E-state index contributed by atoms with van der Waals surface area (Å²) >= 11 is 0. The van der Waals surface area contributed by atoms with Gasteiger partial charge in [-0.2, -0.15) is 0 Å². The van der Waals surface area contributed by atoms with Gasteiger partial charge in [0.25, 0.3) is 11.8 Å². The standard InChI is InChI=1S/C18H18F4N6O3S/c1-17(8-32(30,31)28(3)16(23)27-17)11-4-10(5-12(19)13(11)20)26-15(29)14-24-6-9(7-25-14)18(2,21)22/h4-7H,8H2,1-3H3,(H2,23,27)(H,26,29)/t17-/m0/s1. The summed E-state index contributed by atoms with van der Waals surface area (Å²) in [4.78, 5) is 23.4. The molecular weight excluding hydrogens is 456 g/mol. The molecule has 0 saturated carbocycles. The molecule has 0 bridgehead atoms. The van der Waals surface area contributed by atoms with Crippen LogP contribution in [0.5, 0.6) is 0 Å². The zero-order valence-electron chi connectivity index (χ0n) is 17.0. The van der Waals surface area contributed by atoms with E-state index in [0.29, 0.717) is 13.0 Å². The van der Waals surface area contributed by atoms with E-state index in [1.807, 2.05) is 0 Å². The number of aromatic nitrogens is 2. The summed E-state index contributed by atoms with van der Waals surface area (Å²) in [5.74, 6) is -8.58. The quantitative estimate of drug-likeness (QED) is 0.651. The third kappa shape index (κ3) is 4.35. The number of alkyl halides is 2. The van der Waals surface area contributed by atoms with E-state index in [0.717, 1.165) is 22.8 Å². The molecule has 0 saturated heterocycles. The van der Waals surface area contributed by atoms with E-state index >= 15 is 0 Å². The number of rotatable bonds is 4. The third-order valence-corrected chi connectivity index (χ3v) is 6.74. The average molecular weight is 474 g/mol. The number of anilines is 1. The van der Waals surface area contributed by atoms with E-state index in [4.69, 9.17) is 5.73 Å². The Bertz CT molecular complexity index is 1210. The molecule has 0 aliphatic carbocycles. The molecule has 3 N–H and O–H groups in total. The fourth-order valence-corrected chi connectivity index (χ4v) is 4.45. The molecule has 2 heterocycles. The number of nitrogens with zero attached hydrogens (tertiary/aromatic N) is 4. The van der Waals surface area contributed by atoms with Crippen LogP contribution in [0.3, 0.4) is 0 Å². The van der Waals surface area contributed by atoms with E-state index in [1.165, 1.54) is 14.0 Å². The van der Waals surface area contributed by atoms with Crippen LogP contribution in [0.15, 0.2) is 29.5 Å². The molecule has 2 aromatic rings. The Morgan fingerprint density at radius 2 is 1.84 bits per heavy atom. The summed E-state index contributed by atoms with van der Waals surface area (Å²) in [6.07, 6.45) is 1.53. The van der Waals surface area contributed by atoms with Crippen LogP contribution < -0.4 is 11.1 Å². The van der Waals surface area contributed by atoms with Gasteiger partial charge in [-0.25, -0.2) is 45.2 Å². The molecule has 1 aromatic carbocycles. The lowest BCUT2D eigenvalue weighted by Crippen LogP contribution is -2.50. The van der Waals surface area contributed by atoms with E-state index in [2.05, 4.69) is 20.3 Å². The number of benzene rings is 1. The van der Waals surface area contributed by atoms with Crippen LogP contribution >= 0.6 is 0 Å². The Morgan fingerprint density at radius 1 is 1.25 bits per heavy atom. The molecule has 1 atom stereocenters. The van der Waals surface area contributed by atoms with Gasteiger partial charge in [-0.1, -0.05) is 0 Å². The molecule has 32 heavy (non-hydrogen) atoms. The minimum atomic E-state index is -3.97. The van der Waals surface area contributed by atoms with Crippen LogP contribution in [0.4, 0.5) is 23.2 Å². The highest BCUT2D eigenvalue weighted by atomic mass is 32.2. The summed E-state index contributed by atoms with van der Waals surface area (Å²) in [6, 6.07) is 1.66. The molecule has 1 aromatic heterocycles. The van der Waals surface area contributed by atoms with Gasteiger partial charge in [-0.3, -0.25) is 4.79 Å². The number of hydrogen-bond donors (Lipinski definition) is 2. The predicted octanol–water partition coefficient (Wildman–Crippen LogP) is 1.92. The lowest BCUT2D eigenvalue weighted by Gasteiger charge is -2.34. The zero-order valence-corrected chi connectivity index (χ0v) is 17.8. The van der Waals surface area contributed by atoms with Crippen LogP contribution in [0, 0.1) is 11.6 Å². The predicted molar refractivity (Wildman–Crippen MR) is 106 cm³/mol. The summed E-state index contributed by atoms with van der Waals surface area (Å²) in [5, 5.41) is 2.22. The molecule has 0 fully saturated rings. The summed E-state index contributed by atoms with van der Waals surface area (Å²) in [5.41, 5.74) is 2.61. The van der Waals surface area contributed by atoms with E-state index in [1.54, 1.807) is 0 Å². The van der Waals surface area contributed by atoms with E-state index in [9.17, 15) is 30.8 Å². The van der Waals surface area contributed by atoms with Gasteiger partial charge in [0.15, 0.2) is 11.6 Å². The molecule has 3 rings (SSSR count). The van der Waals surface area contributed by atoms with Crippen molar-refractivity contribution in [3.8, 4) is 0 Å². The van der Waals surface area contributed by atoms with E-state index in [-0.39, 0.29) is 5.69 Å². The second kappa shape index (κ2) is 7.69. The first kappa shape index (κ1) is 23.4. The van der Waals surface area contributed by atoms with Gasteiger partial charge in [-0.05, 0) is 13.0 Å². The van der Waals surface area contributed by atoms with E-state index < -0.39 is 67.7 Å². The molecule has 1 aliphatic heterocycles. The van der Waals surface area contributed by atoms with Gasteiger partial charge < -0.3 is 11.1 Å². The van der Waals surface area contributed by atoms with Crippen LogP contribution in [0.2, 0.25) is 0 Å². The van der Waals surface area contributed by atoms with Crippen LogP contribution in [-0.4, -0.2) is 47.4 Å². The van der Waals surface area contributed by atoms with Crippen LogP contribution in [0.25, 0.3) is 0 Å².